The van der Waals surface area contributed by atoms with Gasteiger partial charge in [0.1, 0.15) is 5.75 Å². The van der Waals surface area contributed by atoms with E-state index in [0.717, 1.165) is 11.1 Å². The molecular formula is C19H18ClNO4. The van der Waals surface area contributed by atoms with E-state index in [2.05, 4.69) is 5.32 Å². The molecule has 5 nitrogen and oxygen atoms in total. The van der Waals surface area contributed by atoms with Gasteiger partial charge in [0.25, 0.3) is 5.91 Å². The van der Waals surface area contributed by atoms with Gasteiger partial charge in [0, 0.05) is 6.08 Å². The lowest BCUT2D eigenvalue weighted by molar-refractivity contribution is -0.142. The first-order valence-corrected chi connectivity index (χ1v) is 7.90. The van der Waals surface area contributed by atoms with E-state index in [9.17, 15) is 9.59 Å². The van der Waals surface area contributed by atoms with Gasteiger partial charge in [-0.15, -0.1) is 0 Å². The third-order valence-corrected chi connectivity index (χ3v) is 3.56. The fraction of sp³-hybridized carbons (Fsp3) is 0.158. The Hall–Kier alpha value is -2.79. The zero-order valence-electron chi connectivity index (χ0n) is 13.9. The molecule has 0 spiro atoms. The topological polar surface area (TPSA) is 64.6 Å². The average molecular weight is 360 g/mol. The molecule has 0 radical (unpaired) electrons. The van der Waals surface area contributed by atoms with Crippen LogP contribution in [0.15, 0.2) is 48.5 Å². The molecule has 2 rings (SSSR count). The lowest BCUT2D eigenvalue weighted by atomic mass is 10.2. The summed E-state index contributed by atoms with van der Waals surface area (Å²) in [5.74, 6) is -0.397. The maximum Gasteiger partial charge on any atom is 0.331 e. The number of anilines is 1. The summed E-state index contributed by atoms with van der Waals surface area (Å²) in [5, 5.41) is 3.02. The normalized spacial score (nSPS) is 10.5. The number of halogens is 1. The standard InChI is InChI=1S/C19H18ClNO4/c1-13-6-8-17(16(20)10-13)21-18(22)12-25-19(23)9-7-14-4-3-5-15(11-14)24-2/h3-11H,12H2,1-2H3,(H,21,22)/b9-7+. The minimum atomic E-state index is -0.618. The van der Waals surface area contributed by atoms with Crippen LogP contribution < -0.4 is 10.1 Å². The number of carbonyl (C=O) groups is 2. The van der Waals surface area contributed by atoms with Crippen LogP contribution in [-0.4, -0.2) is 25.6 Å². The van der Waals surface area contributed by atoms with Gasteiger partial charge in [-0.25, -0.2) is 4.79 Å². The van der Waals surface area contributed by atoms with Crippen LogP contribution >= 0.6 is 11.6 Å². The average Bonchev–Trinajstić information content (AvgIpc) is 2.60. The van der Waals surface area contributed by atoms with Crippen LogP contribution in [0.25, 0.3) is 6.08 Å². The van der Waals surface area contributed by atoms with Crippen molar-refractivity contribution in [2.45, 2.75) is 6.92 Å². The fourth-order valence-corrected chi connectivity index (χ4v) is 2.28. The second kappa shape index (κ2) is 8.89. The number of methoxy groups -OCH3 is 1. The molecule has 0 aliphatic heterocycles. The summed E-state index contributed by atoms with van der Waals surface area (Å²) in [6.07, 6.45) is 2.83. The highest BCUT2D eigenvalue weighted by atomic mass is 35.5. The number of rotatable bonds is 6. The summed E-state index contributed by atoms with van der Waals surface area (Å²) in [4.78, 5) is 23.5. The van der Waals surface area contributed by atoms with Crippen LogP contribution in [0.5, 0.6) is 5.75 Å². The predicted molar refractivity (Wildman–Crippen MR) is 97.8 cm³/mol. The summed E-state index contributed by atoms with van der Waals surface area (Å²) in [6, 6.07) is 12.5. The number of esters is 1. The molecule has 0 aliphatic carbocycles. The number of aryl methyl sites for hydroxylation is 1. The predicted octanol–water partition coefficient (Wildman–Crippen LogP) is 3.85. The Morgan fingerprint density at radius 1 is 1.20 bits per heavy atom. The van der Waals surface area contributed by atoms with E-state index in [1.807, 2.05) is 25.1 Å². The lowest BCUT2D eigenvalue weighted by Crippen LogP contribution is -2.20. The van der Waals surface area contributed by atoms with E-state index in [1.54, 1.807) is 37.5 Å². The highest BCUT2D eigenvalue weighted by Gasteiger charge is 2.08. The van der Waals surface area contributed by atoms with Crippen molar-refractivity contribution in [3.63, 3.8) is 0 Å². The first kappa shape index (κ1) is 18.5. The smallest absolute Gasteiger partial charge is 0.331 e. The number of carbonyl (C=O) groups excluding carboxylic acids is 2. The van der Waals surface area contributed by atoms with Gasteiger partial charge in [-0.2, -0.15) is 0 Å². The van der Waals surface area contributed by atoms with E-state index in [0.29, 0.717) is 16.5 Å². The van der Waals surface area contributed by atoms with E-state index in [-0.39, 0.29) is 0 Å². The van der Waals surface area contributed by atoms with E-state index < -0.39 is 18.5 Å². The SMILES string of the molecule is COc1cccc(/C=C/C(=O)OCC(=O)Nc2ccc(C)cc2Cl)c1. The molecule has 1 N–H and O–H groups in total. The molecule has 2 aromatic rings. The maximum absolute atomic E-state index is 11.8. The van der Waals surface area contributed by atoms with Crippen LogP contribution in [0.4, 0.5) is 5.69 Å². The van der Waals surface area contributed by atoms with Gasteiger partial charge < -0.3 is 14.8 Å². The van der Waals surface area contributed by atoms with Gasteiger partial charge in [0.15, 0.2) is 6.61 Å². The Morgan fingerprint density at radius 2 is 2.00 bits per heavy atom. The Morgan fingerprint density at radius 3 is 2.72 bits per heavy atom. The van der Waals surface area contributed by atoms with Gasteiger partial charge in [-0.05, 0) is 48.4 Å². The van der Waals surface area contributed by atoms with Crippen molar-refractivity contribution in [1.29, 1.82) is 0 Å². The lowest BCUT2D eigenvalue weighted by Gasteiger charge is -2.07. The third-order valence-electron chi connectivity index (χ3n) is 3.25. The number of amides is 1. The molecule has 1 amide bonds. The number of benzene rings is 2. The second-order valence-corrected chi connectivity index (χ2v) is 5.66. The van der Waals surface area contributed by atoms with Crippen molar-refractivity contribution in [1.82, 2.24) is 0 Å². The zero-order valence-corrected chi connectivity index (χ0v) is 14.7. The van der Waals surface area contributed by atoms with Gasteiger partial charge in [-0.1, -0.05) is 29.8 Å². The maximum atomic E-state index is 11.8. The number of hydrogen-bond donors (Lipinski definition) is 1. The minimum absolute atomic E-state index is 0.397. The number of hydrogen-bond acceptors (Lipinski definition) is 4. The van der Waals surface area contributed by atoms with Crippen LogP contribution in [0, 0.1) is 6.92 Å². The van der Waals surface area contributed by atoms with Crippen molar-refractivity contribution in [2.24, 2.45) is 0 Å². The van der Waals surface area contributed by atoms with Crippen LogP contribution in [0.2, 0.25) is 5.02 Å². The fourth-order valence-electron chi connectivity index (χ4n) is 2.00. The summed E-state index contributed by atoms with van der Waals surface area (Å²) in [6.45, 7) is 1.50. The third kappa shape index (κ3) is 5.97. The zero-order chi connectivity index (χ0) is 18.2. The van der Waals surface area contributed by atoms with Crippen molar-refractivity contribution in [2.75, 3.05) is 19.0 Å². The van der Waals surface area contributed by atoms with Crippen LogP contribution in [0.3, 0.4) is 0 Å². The molecule has 6 heteroatoms. The Bertz CT molecular complexity index is 802. The molecule has 0 atom stereocenters. The molecule has 25 heavy (non-hydrogen) atoms. The molecule has 0 unspecified atom stereocenters. The molecule has 0 aliphatic rings. The molecule has 130 valence electrons. The van der Waals surface area contributed by atoms with E-state index in [4.69, 9.17) is 21.1 Å². The highest BCUT2D eigenvalue weighted by Crippen LogP contribution is 2.22. The summed E-state index contributed by atoms with van der Waals surface area (Å²) < 4.78 is 10.0. The van der Waals surface area contributed by atoms with Crippen molar-refractivity contribution >= 4 is 35.2 Å². The van der Waals surface area contributed by atoms with E-state index >= 15 is 0 Å². The summed E-state index contributed by atoms with van der Waals surface area (Å²) >= 11 is 6.03. The molecule has 0 heterocycles. The van der Waals surface area contributed by atoms with Crippen molar-refractivity contribution in [3.05, 3.63) is 64.7 Å². The van der Waals surface area contributed by atoms with Crippen molar-refractivity contribution in [3.8, 4) is 5.75 Å². The molecule has 0 saturated heterocycles. The summed E-state index contributed by atoms with van der Waals surface area (Å²) in [5.41, 5.74) is 2.24. The second-order valence-electron chi connectivity index (χ2n) is 5.25. The first-order valence-electron chi connectivity index (χ1n) is 7.53. The minimum Gasteiger partial charge on any atom is -0.497 e. The Labute approximate surface area is 151 Å². The van der Waals surface area contributed by atoms with Crippen LogP contribution in [0.1, 0.15) is 11.1 Å². The Balaban J connectivity index is 1.84. The molecule has 2 aromatic carbocycles. The molecule has 0 bridgehead atoms. The van der Waals surface area contributed by atoms with Gasteiger partial charge >= 0.3 is 5.97 Å². The highest BCUT2D eigenvalue weighted by molar-refractivity contribution is 6.33. The number of ether oxygens (including phenoxy) is 2. The van der Waals surface area contributed by atoms with Crippen LogP contribution in [-0.2, 0) is 14.3 Å². The largest absolute Gasteiger partial charge is 0.497 e. The van der Waals surface area contributed by atoms with Gasteiger partial charge in [-0.3, -0.25) is 4.79 Å². The molecular weight excluding hydrogens is 342 g/mol. The first-order chi connectivity index (χ1) is 12.0. The quantitative estimate of drug-likeness (QED) is 0.628. The molecule has 0 saturated carbocycles. The van der Waals surface area contributed by atoms with Gasteiger partial charge in [0.2, 0.25) is 0 Å². The molecule has 0 aromatic heterocycles. The Kier molecular flexibility index (Phi) is 6.60. The van der Waals surface area contributed by atoms with E-state index in [1.165, 1.54) is 6.08 Å². The van der Waals surface area contributed by atoms with Crippen molar-refractivity contribution < 1.29 is 19.1 Å². The monoisotopic (exact) mass is 359 g/mol. The number of nitrogens with one attached hydrogen (secondary N) is 1. The summed E-state index contributed by atoms with van der Waals surface area (Å²) in [7, 11) is 1.57. The van der Waals surface area contributed by atoms with Gasteiger partial charge in [0.05, 0.1) is 17.8 Å². The molecule has 0 fully saturated rings.